The number of benzene rings is 1. The molecule has 1 saturated heterocycles. The molecular formula is C18H25BrN4. The fourth-order valence-electron chi connectivity index (χ4n) is 3.13. The first kappa shape index (κ1) is 16.7. The van der Waals surface area contributed by atoms with E-state index in [4.69, 9.17) is 0 Å². The summed E-state index contributed by atoms with van der Waals surface area (Å²) in [5.74, 6) is 0. The number of anilines is 1. The summed E-state index contributed by atoms with van der Waals surface area (Å²) >= 11 is 3.59. The van der Waals surface area contributed by atoms with Crippen LogP contribution < -0.4 is 5.32 Å². The van der Waals surface area contributed by atoms with E-state index in [1.54, 1.807) is 0 Å². The second-order valence-electron chi connectivity index (χ2n) is 6.56. The van der Waals surface area contributed by atoms with Crippen molar-refractivity contribution in [3.05, 3.63) is 34.9 Å². The van der Waals surface area contributed by atoms with Gasteiger partial charge < -0.3 is 15.1 Å². The van der Waals surface area contributed by atoms with E-state index < -0.39 is 0 Å². The van der Waals surface area contributed by atoms with Crippen LogP contribution in [0.1, 0.15) is 12.8 Å². The predicted molar refractivity (Wildman–Crippen MR) is 101 cm³/mol. The Balaban J connectivity index is 1.62. The number of nitrogens with zero attached hydrogens (tertiary/aromatic N) is 3. The number of hydrogen-bond donors (Lipinski definition) is 1. The van der Waals surface area contributed by atoms with Gasteiger partial charge in [0.15, 0.2) is 0 Å². The van der Waals surface area contributed by atoms with E-state index >= 15 is 0 Å². The lowest BCUT2D eigenvalue weighted by atomic mass is 10.0. The van der Waals surface area contributed by atoms with Crippen molar-refractivity contribution in [3.8, 4) is 0 Å². The lowest BCUT2D eigenvalue weighted by Crippen LogP contribution is -2.41. The summed E-state index contributed by atoms with van der Waals surface area (Å²) in [4.78, 5) is 9.31. The van der Waals surface area contributed by atoms with E-state index in [-0.39, 0.29) is 0 Å². The number of rotatable bonds is 5. The van der Waals surface area contributed by atoms with E-state index in [1.807, 2.05) is 12.3 Å². The number of para-hydroxylation sites is 1. The molecule has 1 fully saturated rings. The van der Waals surface area contributed by atoms with E-state index in [0.29, 0.717) is 6.04 Å². The lowest BCUT2D eigenvalue weighted by molar-refractivity contribution is 0.199. The minimum Gasteiger partial charge on any atom is -0.382 e. The van der Waals surface area contributed by atoms with Gasteiger partial charge in [0.25, 0.3) is 0 Å². The highest BCUT2D eigenvalue weighted by Gasteiger charge is 2.19. The van der Waals surface area contributed by atoms with Crippen LogP contribution in [0.5, 0.6) is 0 Å². The Labute approximate surface area is 147 Å². The molecule has 1 aliphatic rings. The van der Waals surface area contributed by atoms with Crippen molar-refractivity contribution in [2.75, 3.05) is 45.6 Å². The fourth-order valence-corrected chi connectivity index (χ4v) is 3.60. The van der Waals surface area contributed by atoms with Gasteiger partial charge in [0.05, 0.1) is 5.52 Å². The summed E-state index contributed by atoms with van der Waals surface area (Å²) in [5, 5.41) is 4.93. The second kappa shape index (κ2) is 7.60. The molecule has 0 amide bonds. The van der Waals surface area contributed by atoms with Gasteiger partial charge >= 0.3 is 0 Å². The first-order valence-corrected chi connectivity index (χ1v) is 9.09. The summed E-state index contributed by atoms with van der Waals surface area (Å²) in [7, 11) is 4.28. The Morgan fingerprint density at radius 1 is 1.26 bits per heavy atom. The van der Waals surface area contributed by atoms with Crippen molar-refractivity contribution in [2.24, 2.45) is 0 Å². The van der Waals surface area contributed by atoms with Crippen molar-refractivity contribution in [2.45, 2.75) is 18.9 Å². The van der Waals surface area contributed by atoms with Crippen LogP contribution in [0.3, 0.4) is 0 Å². The van der Waals surface area contributed by atoms with Gasteiger partial charge in [-0.2, -0.15) is 0 Å². The molecule has 1 aromatic heterocycles. The first-order valence-electron chi connectivity index (χ1n) is 8.30. The number of likely N-dealkylation sites (tertiary alicyclic amines) is 1. The Kier molecular flexibility index (Phi) is 5.51. The number of pyridine rings is 1. The minimum absolute atomic E-state index is 0.551. The zero-order valence-corrected chi connectivity index (χ0v) is 15.5. The highest BCUT2D eigenvalue weighted by molar-refractivity contribution is 9.10. The number of fused-ring (bicyclic) bond motifs is 1. The maximum atomic E-state index is 4.49. The molecule has 4 nitrogen and oxygen atoms in total. The monoisotopic (exact) mass is 376 g/mol. The number of hydrogen-bond acceptors (Lipinski definition) is 4. The Hall–Kier alpha value is -1.17. The van der Waals surface area contributed by atoms with Crippen LogP contribution in [0.4, 0.5) is 5.69 Å². The Morgan fingerprint density at radius 2 is 2.04 bits per heavy atom. The molecule has 0 saturated carbocycles. The second-order valence-corrected chi connectivity index (χ2v) is 7.41. The van der Waals surface area contributed by atoms with Crippen LogP contribution in [0.15, 0.2) is 34.9 Å². The third-order valence-electron chi connectivity index (χ3n) is 4.53. The molecule has 3 rings (SSSR count). The molecule has 0 atom stereocenters. The minimum atomic E-state index is 0.551. The third-order valence-corrected chi connectivity index (χ3v) is 5.17. The molecule has 2 aromatic rings. The molecule has 124 valence electrons. The highest BCUT2D eigenvalue weighted by Crippen LogP contribution is 2.28. The third kappa shape index (κ3) is 4.22. The van der Waals surface area contributed by atoms with Crippen molar-refractivity contribution in [1.82, 2.24) is 14.8 Å². The fraction of sp³-hybridized carbons (Fsp3) is 0.500. The molecule has 0 unspecified atom stereocenters. The zero-order chi connectivity index (χ0) is 16.2. The summed E-state index contributed by atoms with van der Waals surface area (Å²) in [6.45, 7) is 4.67. The molecule has 0 radical (unpaired) electrons. The molecular weight excluding hydrogens is 352 g/mol. The van der Waals surface area contributed by atoms with Crippen LogP contribution in [-0.4, -0.2) is 61.1 Å². The summed E-state index contributed by atoms with van der Waals surface area (Å²) in [6, 6.07) is 8.90. The van der Waals surface area contributed by atoms with Crippen LogP contribution in [0.2, 0.25) is 0 Å². The average molecular weight is 377 g/mol. The number of halogens is 1. The standard InChI is InChI=1S/C18H25BrN4/c1-22(2)12-13-23-10-7-14(8-11-23)21-17-6-9-20-18-15(17)4-3-5-16(18)19/h3-6,9,14H,7-8,10-13H2,1-2H3,(H,20,21). The molecule has 0 aliphatic carbocycles. The lowest BCUT2D eigenvalue weighted by Gasteiger charge is -2.33. The summed E-state index contributed by atoms with van der Waals surface area (Å²) in [5.41, 5.74) is 2.23. The quantitative estimate of drug-likeness (QED) is 0.865. The van der Waals surface area contributed by atoms with Crippen LogP contribution >= 0.6 is 15.9 Å². The van der Waals surface area contributed by atoms with Crippen molar-refractivity contribution in [3.63, 3.8) is 0 Å². The van der Waals surface area contributed by atoms with Gasteiger partial charge in [-0.15, -0.1) is 0 Å². The molecule has 1 aliphatic heterocycles. The van der Waals surface area contributed by atoms with Crippen LogP contribution in [0.25, 0.3) is 10.9 Å². The maximum absolute atomic E-state index is 4.49. The largest absolute Gasteiger partial charge is 0.382 e. The van der Waals surface area contributed by atoms with Crippen molar-refractivity contribution < 1.29 is 0 Å². The topological polar surface area (TPSA) is 31.4 Å². The molecule has 1 aromatic carbocycles. The number of piperidine rings is 1. The molecule has 0 bridgehead atoms. The van der Waals surface area contributed by atoms with Gasteiger partial charge in [-0.25, -0.2) is 0 Å². The van der Waals surface area contributed by atoms with Gasteiger partial charge in [0.2, 0.25) is 0 Å². The van der Waals surface area contributed by atoms with Gasteiger partial charge in [-0.05, 0) is 55.0 Å². The number of likely N-dealkylation sites (N-methyl/N-ethyl adjacent to an activating group) is 1. The van der Waals surface area contributed by atoms with Gasteiger partial charge in [0, 0.05) is 54.0 Å². The van der Waals surface area contributed by atoms with Crippen LogP contribution in [-0.2, 0) is 0 Å². The van der Waals surface area contributed by atoms with Gasteiger partial charge in [-0.3, -0.25) is 4.98 Å². The molecule has 1 N–H and O–H groups in total. The summed E-state index contributed by atoms with van der Waals surface area (Å²) < 4.78 is 1.05. The number of nitrogens with one attached hydrogen (secondary N) is 1. The Bertz CT molecular complexity index is 651. The van der Waals surface area contributed by atoms with E-state index in [1.165, 1.54) is 43.5 Å². The van der Waals surface area contributed by atoms with E-state index in [9.17, 15) is 0 Å². The highest BCUT2D eigenvalue weighted by atomic mass is 79.9. The molecule has 5 heteroatoms. The molecule has 23 heavy (non-hydrogen) atoms. The SMILES string of the molecule is CN(C)CCN1CCC(Nc2ccnc3c(Br)cccc23)CC1. The maximum Gasteiger partial charge on any atom is 0.0864 e. The van der Waals surface area contributed by atoms with Gasteiger partial charge in [0.1, 0.15) is 0 Å². The Morgan fingerprint density at radius 3 is 2.78 bits per heavy atom. The first-order chi connectivity index (χ1) is 11.1. The zero-order valence-electron chi connectivity index (χ0n) is 13.9. The van der Waals surface area contributed by atoms with E-state index in [0.717, 1.165) is 16.5 Å². The van der Waals surface area contributed by atoms with Crippen molar-refractivity contribution >= 4 is 32.5 Å². The molecule has 2 heterocycles. The average Bonchev–Trinajstić information content (AvgIpc) is 2.55. The van der Waals surface area contributed by atoms with Crippen molar-refractivity contribution in [1.29, 1.82) is 0 Å². The molecule has 0 spiro atoms. The van der Waals surface area contributed by atoms with E-state index in [2.05, 4.69) is 68.3 Å². The van der Waals surface area contributed by atoms with Crippen LogP contribution in [0, 0.1) is 0 Å². The predicted octanol–water partition coefficient (Wildman–Crippen LogP) is 3.44. The van der Waals surface area contributed by atoms with Gasteiger partial charge in [-0.1, -0.05) is 12.1 Å². The smallest absolute Gasteiger partial charge is 0.0864 e. The summed E-state index contributed by atoms with van der Waals surface area (Å²) in [6.07, 6.45) is 4.29. The normalized spacial score (nSPS) is 17.0. The number of aromatic nitrogens is 1.